The van der Waals surface area contributed by atoms with Gasteiger partial charge in [0.15, 0.2) is 17.5 Å². The highest BCUT2D eigenvalue weighted by atomic mass is 15.0. The van der Waals surface area contributed by atoms with E-state index < -0.39 is 5.41 Å². The lowest BCUT2D eigenvalue weighted by Gasteiger charge is -2.42. The molecular formula is C54H43N3. The number of hydrogen-bond acceptors (Lipinski definition) is 3. The van der Waals surface area contributed by atoms with E-state index in [2.05, 4.69) is 191 Å². The van der Waals surface area contributed by atoms with E-state index in [0.717, 1.165) is 34.2 Å². The van der Waals surface area contributed by atoms with Crippen LogP contribution >= 0.6 is 0 Å². The number of benzene rings is 7. The molecule has 0 amide bonds. The molecule has 0 N–H and O–H groups in total. The van der Waals surface area contributed by atoms with Crippen molar-refractivity contribution in [1.29, 1.82) is 0 Å². The fourth-order valence-corrected chi connectivity index (χ4v) is 10.3. The second-order valence-electron chi connectivity index (χ2n) is 17.4. The Kier molecular flexibility index (Phi) is 7.29. The van der Waals surface area contributed by atoms with Crippen LogP contribution < -0.4 is 0 Å². The van der Waals surface area contributed by atoms with Gasteiger partial charge in [0, 0.05) is 16.7 Å². The summed E-state index contributed by atoms with van der Waals surface area (Å²) in [6, 6.07) is 59.7. The standard InChI is InChI=1S/C54H43N3/c1-52(2)30-31-53(3,4)47-33-37(28-29-45(47)52)50-55-49(36-19-14-18-35(32-36)34-16-6-5-7-17-34)56-51(57-50)41-23-15-27-46-48(41)40-22-10-13-26-44(40)54(46)42-24-11-8-20-38(42)39-21-9-12-25-43(39)54/h5-29,32-33H,30-31H2,1-4H3. The third kappa shape index (κ3) is 4.94. The largest absolute Gasteiger partial charge is 0.208 e. The number of nitrogens with zero attached hydrogens (tertiary/aromatic N) is 3. The van der Waals surface area contributed by atoms with Crippen LogP contribution in [0.4, 0.5) is 0 Å². The van der Waals surface area contributed by atoms with E-state index in [4.69, 9.17) is 15.0 Å². The second-order valence-corrected chi connectivity index (χ2v) is 17.4. The zero-order valence-corrected chi connectivity index (χ0v) is 32.8. The van der Waals surface area contributed by atoms with Crippen molar-refractivity contribution in [1.82, 2.24) is 15.0 Å². The summed E-state index contributed by atoms with van der Waals surface area (Å²) in [5.41, 5.74) is 18.0. The van der Waals surface area contributed by atoms with E-state index in [1.165, 1.54) is 62.1 Å². The molecule has 0 unspecified atom stereocenters. The molecule has 0 saturated heterocycles. The van der Waals surface area contributed by atoms with Crippen molar-refractivity contribution in [3.8, 4) is 67.5 Å². The highest BCUT2D eigenvalue weighted by Gasteiger charge is 2.52. The van der Waals surface area contributed by atoms with Crippen molar-refractivity contribution in [2.24, 2.45) is 0 Å². The Labute approximate surface area is 335 Å². The smallest absolute Gasteiger partial charge is 0.164 e. The molecule has 0 bridgehead atoms. The van der Waals surface area contributed by atoms with Gasteiger partial charge in [0.25, 0.3) is 0 Å². The molecular weight excluding hydrogens is 691 g/mol. The molecule has 3 heteroatoms. The van der Waals surface area contributed by atoms with Gasteiger partial charge in [0.2, 0.25) is 0 Å². The molecule has 3 aliphatic rings. The van der Waals surface area contributed by atoms with Gasteiger partial charge in [0.1, 0.15) is 0 Å². The molecule has 0 atom stereocenters. The molecule has 57 heavy (non-hydrogen) atoms. The predicted molar refractivity (Wildman–Crippen MR) is 233 cm³/mol. The zero-order valence-electron chi connectivity index (χ0n) is 32.8. The monoisotopic (exact) mass is 733 g/mol. The fourth-order valence-electron chi connectivity index (χ4n) is 10.3. The van der Waals surface area contributed by atoms with E-state index in [-0.39, 0.29) is 10.8 Å². The van der Waals surface area contributed by atoms with Crippen LogP contribution in [-0.4, -0.2) is 15.0 Å². The first-order valence-corrected chi connectivity index (χ1v) is 20.2. The maximum Gasteiger partial charge on any atom is 0.164 e. The highest BCUT2D eigenvalue weighted by Crippen LogP contribution is 2.63. The minimum atomic E-state index is -0.450. The molecule has 274 valence electrons. The van der Waals surface area contributed by atoms with E-state index in [0.29, 0.717) is 17.5 Å². The van der Waals surface area contributed by atoms with Crippen molar-refractivity contribution in [3.05, 3.63) is 197 Å². The van der Waals surface area contributed by atoms with Gasteiger partial charge >= 0.3 is 0 Å². The van der Waals surface area contributed by atoms with E-state index in [1.54, 1.807) is 0 Å². The van der Waals surface area contributed by atoms with E-state index in [9.17, 15) is 0 Å². The molecule has 11 rings (SSSR count). The molecule has 1 spiro atoms. The lowest BCUT2D eigenvalue weighted by Crippen LogP contribution is -2.33. The Hall–Kier alpha value is -6.45. The molecule has 8 aromatic rings. The summed E-state index contributed by atoms with van der Waals surface area (Å²) < 4.78 is 0. The normalized spacial score (nSPS) is 16.0. The third-order valence-electron chi connectivity index (χ3n) is 13.2. The van der Waals surface area contributed by atoms with Gasteiger partial charge < -0.3 is 0 Å². The minimum absolute atomic E-state index is 0.0513. The van der Waals surface area contributed by atoms with Gasteiger partial charge in [-0.05, 0) is 103 Å². The van der Waals surface area contributed by atoms with Crippen LogP contribution in [-0.2, 0) is 16.2 Å². The van der Waals surface area contributed by atoms with Crippen molar-refractivity contribution in [2.45, 2.75) is 56.8 Å². The Bertz CT molecular complexity index is 2870. The highest BCUT2D eigenvalue weighted by molar-refractivity contribution is 5.99. The quantitative estimate of drug-likeness (QED) is 0.181. The van der Waals surface area contributed by atoms with Crippen LogP contribution in [0.25, 0.3) is 67.5 Å². The lowest BCUT2D eigenvalue weighted by atomic mass is 9.63. The van der Waals surface area contributed by atoms with Gasteiger partial charge in [-0.25, -0.2) is 15.0 Å². The second kappa shape index (κ2) is 12.3. The average Bonchev–Trinajstić information content (AvgIpc) is 3.73. The van der Waals surface area contributed by atoms with E-state index in [1.807, 2.05) is 0 Å². The first kappa shape index (κ1) is 33.9. The Morgan fingerprint density at radius 3 is 1.49 bits per heavy atom. The Morgan fingerprint density at radius 2 is 0.807 bits per heavy atom. The van der Waals surface area contributed by atoms with Crippen LogP contribution in [0.1, 0.15) is 73.9 Å². The van der Waals surface area contributed by atoms with Crippen LogP contribution in [0.3, 0.4) is 0 Å². The van der Waals surface area contributed by atoms with Crippen molar-refractivity contribution >= 4 is 0 Å². The summed E-state index contributed by atoms with van der Waals surface area (Å²) in [4.78, 5) is 16.2. The fraction of sp³-hybridized carbons (Fsp3) is 0.167. The molecule has 3 aliphatic carbocycles. The van der Waals surface area contributed by atoms with Gasteiger partial charge in [-0.15, -0.1) is 0 Å². The molecule has 0 fully saturated rings. The summed E-state index contributed by atoms with van der Waals surface area (Å²) in [6.45, 7) is 9.51. The number of hydrogen-bond donors (Lipinski definition) is 0. The Balaban J connectivity index is 1.17. The Morgan fingerprint density at radius 1 is 0.333 bits per heavy atom. The van der Waals surface area contributed by atoms with Gasteiger partial charge in [-0.1, -0.05) is 179 Å². The van der Waals surface area contributed by atoms with Crippen molar-refractivity contribution < 1.29 is 0 Å². The van der Waals surface area contributed by atoms with E-state index >= 15 is 0 Å². The SMILES string of the molecule is CC1(C)CCC(C)(C)c2cc(-c3nc(-c4cccc(-c5ccccc5)c4)nc(-c4cccc5c4-c4ccccc4C54c5ccccc5-c5ccccc54)n3)ccc21. The first-order valence-electron chi connectivity index (χ1n) is 20.2. The van der Waals surface area contributed by atoms with Crippen LogP contribution in [0.5, 0.6) is 0 Å². The van der Waals surface area contributed by atoms with Crippen LogP contribution in [0.15, 0.2) is 164 Å². The van der Waals surface area contributed by atoms with Crippen molar-refractivity contribution in [2.75, 3.05) is 0 Å². The topological polar surface area (TPSA) is 38.7 Å². The minimum Gasteiger partial charge on any atom is -0.208 e. The number of aromatic nitrogens is 3. The predicted octanol–water partition coefficient (Wildman–Crippen LogP) is 13.2. The summed E-state index contributed by atoms with van der Waals surface area (Å²) in [6.07, 6.45) is 2.31. The summed E-state index contributed by atoms with van der Waals surface area (Å²) in [5, 5.41) is 0. The van der Waals surface area contributed by atoms with Gasteiger partial charge in [-0.3, -0.25) is 0 Å². The zero-order chi connectivity index (χ0) is 38.5. The number of fused-ring (bicyclic) bond motifs is 11. The molecule has 0 radical (unpaired) electrons. The van der Waals surface area contributed by atoms with Crippen molar-refractivity contribution in [3.63, 3.8) is 0 Å². The number of rotatable bonds is 4. The van der Waals surface area contributed by atoms with Crippen LogP contribution in [0.2, 0.25) is 0 Å². The molecule has 1 heterocycles. The maximum absolute atomic E-state index is 5.44. The molecule has 0 aliphatic heterocycles. The van der Waals surface area contributed by atoms with Gasteiger partial charge in [-0.2, -0.15) is 0 Å². The molecule has 7 aromatic carbocycles. The molecule has 0 saturated carbocycles. The summed E-state index contributed by atoms with van der Waals surface area (Å²) in [7, 11) is 0. The lowest BCUT2D eigenvalue weighted by molar-refractivity contribution is 0.332. The third-order valence-corrected chi connectivity index (χ3v) is 13.2. The maximum atomic E-state index is 5.44. The summed E-state index contributed by atoms with van der Waals surface area (Å²) in [5.74, 6) is 2.04. The summed E-state index contributed by atoms with van der Waals surface area (Å²) >= 11 is 0. The molecule has 3 nitrogen and oxygen atoms in total. The first-order chi connectivity index (χ1) is 27.7. The van der Waals surface area contributed by atoms with Gasteiger partial charge in [0.05, 0.1) is 5.41 Å². The average molecular weight is 734 g/mol. The molecule has 1 aromatic heterocycles. The van der Waals surface area contributed by atoms with Crippen LogP contribution in [0, 0.1) is 0 Å².